The minimum absolute atomic E-state index is 0.0649. The number of nitrogens with zero attached hydrogens (tertiary/aromatic N) is 5. The van der Waals surface area contributed by atoms with Crippen LogP contribution in [0.15, 0.2) is 71.5 Å². The second-order valence-corrected chi connectivity index (χ2v) is 15.5. The first-order valence-electron chi connectivity index (χ1n) is 19.1. The van der Waals surface area contributed by atoms with Crippen molar-refractivity contribution in [2.24, 2.45) is 0 Å². The van der Waals surface area contributed by atoms with Crippen LogP contribution in [0.2, 0.25) is 5.15 Å². The van der Waals surface area contributed by atoms with Gasteiger partial charge in [0, 0.05) is 48.4 Å². The minimum Gasteiger partial charge on any atom is -0.442 e. The number of amides is 3. The van der Waals surface area contributed by atoms with Gasteiger partial charge >= 0.3 is 6.09 Å². The van der Waals surface area contributed by atoms with Crippen molar-refractivity contribution in [3.8, 4) is 0 Å². The summed E-state index contributed by atoms with van der Waals surface area (Å²) in [6.07, 6.45) is 3.96. The number of hydrogen-bond acceptors (Lipinski definition) is 9. The summed E-state index contributed by atoms with van der Waals surface area (Å²) in [7, 11) is 0. The van der Waals surface area contributed by atoms with Gasteiger partial charge in [0.1, 0.15) is 5.60 Å². The average Bonchev–Trinajstić information content (AvgIpc) is 3.90. The molecule has 13 nitrogen and oxygen atoms in total. The Morgan fingerprint density at radius 3 is 2.09 bits per heavy atom. The number of ether oxygens (including phenoxy) is 1. The molecule has 14 heteroatoms. The van der Waals surface area contributed by atoms with E-state index in [-0.39, 0.29) is 35.6 Å². The lowest BCUT2D eigenvalue weighted by atomic mass is 10.1. The van der Waals surface area contributed by atoms with E-state index in [0.717, 1.165) is 62.4 Å². The van der Waals surface area contributed by atoms with E-state index in [1.165, 1.54) is 22.9 Å². The molecule has 2 saturated heterocycles. The van der Waals surface area contributed by atoms with Crippen LogP contribution in [0.4, 0.5) is 10.5 Å². The number of nitrogens with one attached hydrogen (secondary N) is 3. The number of anilines is 1. The lowest BCUT2D eigenvalue weighted by Crippen LogP contribution is -2.53. The molecule has 0 unspecified atom stereocenters. The van der Waals surface area contributed by atoms with Crippen LogP contribution >= 0.6 is 11.6 Å². The molecule has 0 radical (unpaired) electrons. The summed E-state index contributed by atoms with van der Waals surface area (Å²) in [5.74, 6) is -0.483. The van der Waals surface area contributed by atoms with Crippen LogP contribution in [0.25, 0.3) is 10.8 Å². The molecule has 3 amide bonds. The maximum Gasteiger partial charge on any atom is 0.429 e. The molecule has 3 aromatic carbocycles. The maximum absolute atomic E-state index is 14.4. The van der Waals surface area contributed by atoms with Gasteiger partial charge in [-0.05, 0) is 126 Å². The minimum atomic E-state index is -0.799. The van der Waals surface area contributed by atoms with E-state index in [0.29, 0.717) is 41.5 Å². The standard InChI is InChI=1S/C41H51ClN8O5/c1-41(2,3)55-40(54)50(28-30-10-12-31(13-11-30)37(51)43-18-23-47-19-4-5-20-47)49(25-24-48-21-6-7-22-48)39(53)32-14-8-29(9-15-32)27-44-33-16-17-34-35(26-33)38(52)46-45-36(34)42/h8-17,26,44H,4-7,18-25,27-28H2,1-3H3,(H,43,51)(H,46,52). The summed E-state index contributed by atoms with van der Waals surface area (Å²) in [5.41, 5.74) is 2.20. The molecule has 2 fully saturated rings. The summed E-state index contributed by atoms with van der Waals surface area (Å²) in [4.78, 5) is 58.2. The van der Waals surface area contributed by atoms with Gasteiger partial charge in [0.05, 0.1) is 18.5 Å². The molecular formula is C41H51ClN8O5. The molecule has 0 spiro atoms. The zero-order valence-corrected chi connectivity index (χ0v) is 32.7. The predicted molar refractivity (Wildman–Crippen MR) is 214 cm³/mol. The third-order valence-corrected chi connectivity index (χ3v) is 10.1. The number of halogens is 1. The molecule has 4 aromatic rings. The number of rotatable bonds is 13. The van der Waals surface area contributed by atoms with Crippen LogP contribution in [0.1, 0.15) is 78.3 Å². The Balaban J connectivity index is 1.18. The number of aromatic amines is 1. The summed E-state index contributed by atoms with van der Waals surface area (Å²) in [5, 5.41) is 16.6. The molecule has 2 aliphatic rings. The fourth-order valence-corrected chi connectivity index (χ4v) is 7.08. The molecule has 292 valence electrons. The van der Waals surface area contributed by atoms with Crippen molar-refractivity contribution in [3.05, 3.63) is 104 Å². The number of carbonyl (C=O) groups is 3. The summed E-state index contributed by atoms with van der Waals surface area (Å²) >= 11 is 6.14. The quantitative estimate of drug-likeness (QED) is 0.142. The Morgan fingerprint density at radius 1 is 0.818 bits per heavy atom. The third-order valence-electron chi connectivity index (χ3n) is 9.86. The van der Waals surface area contributed by atoms with Crippen molar-refractivity contribution in [2.45, 2.75) is 65.1 Å². The smallest absolute Gasteiger partial charge is 0.429 e. The number of fused-ring (bicyclic) bond motifs is 1. The van der Waals surface area contributed by atoms with Gasteiger partial charge in [0.2, 0.25) is 0 Å². The van der Waals surface area contributed by atoms with Crippen molar-refractivity contribution in [1.82, 2.24) is 35.3 Å². The Labute approximate surface area is 326 Å². The number of carbonyl (C=O) groups excluding carboxylic acids is 3. The number of hydrogen-bond donors (Lipinski definition) is 3. The van der Waals surface area contributed by atoms with Gasteiger partial charge in [-0.15, -0.1) is 0 Å². The average molecular weight is 771 g/mol. The SMILES string of the molecule is CC(C)(C)OC(=O)N(Cc1ccc(C(=O)NCCN2CCCC2)cc1)N(CCN1CCCC1)C(=O)c1ccc(CNc2ccc3c(Cl)n[nH]c(=O)c3c2)cc1. The van der Waals surface area contributed by atoms with Crippen molar-refractivity contribution < 1.29 is 19.1 Å². The monoisotopic (exact) mass is 770 g/mol. The summed E-state index contributed by atoms with van der Waals surface area (Å²) in [6, 6.07) is 19.7. The number of hydrazine groups is 1. The molecule has 3 heterocycles. The molecule has 0 atom stereocenters. The number of benzene rings is 3. The van der Waals surface area contributed by atoms with E-state index in [1.807, 2.05) is 30.3 Å². The van der Waals surface area contributed by atoms with Gasteiger partial charge in [-0.3, -0.25) is 14.4 Å². The maximum atomic E-state index is 14.4. The van der Waals surface area contributed by atoms with E-state index in [1.54, 1.807) is 57.2 Å². The van der Waals surface area contributed by atoms with Crippen molar-refractivity contribution in [3.63, 3.8) is 0 Å². The highest BCUT2D eigenvalue weighted by atomic mass is 35.5. The van der Waals surface area contributed by atoms with E-state index in [2.05, 4.69) is 30.6 Å². The molecule has 0 aliphatic carbocycles. The number of aromatic nitrogens is 2. The summed E-state index contributed by atoms with van der Waals surface area (Å²) < 4.78 is 5.86. The summed E-state index contributed by atoms with van der Waals surface area (Å²) in [6.45, 7) is 12.2. The number of H-pyrrole nitrogens is 1. The molecule has 0 bridgehead atoms. The predicted octanol–water partition coefficient (Wildman–Crippen LogP) is 5.90. The van der Waals surface area contributed by atoms with E-state index in [4.69, 9.17) is 16.3 Å². The molecule has 6 rings (SSSR count). The van der Waals surface area contributed by atoms with Crippen LogP contribution in [-0.4, -0.2) is 106 Å². The molecule has 55 heavy (non-hydrogen) atoms. The Bertz CT molecular complexity index is 2000. The third kappa shape index (κ3) is 10.8. The Hall–Kier alpha value is -4.98. The number of likely N-dealkylation sites (tertiary alicyclic amines) is 2. The van der Waals surface area contributed by atoms with E-state index < -0.39 is 11.7 Å². The second kappa shape index (κ2) is 18.1. The molecule has 2 aliphatic heterocycles. The Morgan fingerprint density at radius 2 is 1.44 bits per heavy atom. The van der Waals surface area contributed by atoms with E-state index >= 15 is 0 Å². The van der Waals surface area contributed by atoms with Crippen LogP contribution in [0.3, 0.4) is 0 Å². The Kier molecular flexibility index (Phi) is 13.1. The highest BCUT2D eigenvalue weighted by Gasteiger charge is 2.32. The zero-order chi connectivity index (χ0) is 39.0. The lowest BCUT2D eigenvalue weighted by Gasteiger charge is -2.37. The van der Waals surface area contributed by atoms with Crippen molar-refractivity contribution >= 4 is 46.0 Å². The van der Waals surface area contributed by atoms with Gasteiger partial charge in [-0.1, -0.05) is 35.9 Å². The zero-order valence-electron chi connectivity index (χ0n) is 31.9. The molecular weight excluding hydrogens is 720 g/mol. The van der Waals surface area contributed by atoms with Gasteiger partial charge in [-0.25, -0.2) is 19.9 Å². The highest BCUT2D eigenvalue weighted by molar-refractivity contribution is 6.34. The van der Waals surface area contributed by atoms with Gasteiger partial charge < -0.3 is 25.2 Å². The highest BCUT2D eigenvalue weighted by Crippen LogP contribution is 2.23. The van der Waals surface area contributed by atoms with Crippen molar-refractivity contribution in [2.75, 3.05) is 57.7 Å². The van der Waals surface area contributed by atoms with Gasteiger partial charge in [0.25, 0.3) is 17.4 Å². The van der Waals surface area contributed by atoms with Crippen LogP contribution in [0, 0.1) is 0 Å². The first-order chi connectivity index (χ1) is 26.4. The van der Waals surface area contributed by atoms with Crippen LogP contribution < -0.4 is 16.2 Å². The largest absolute Gasteiger partial charge is 0.442 e. The molecule has 1 aromatic heterocycles. The first-order valence-corrected chi connectivity index (χ1v) is 19.5. The van der Waals surface area contributed by atoms with Crippen LogP contribution in [-0.2, 0) is 17.8 Å². The van der Waals surface area contributed by atoms with E-state index in [9.17, 15) is 19.2 Å². The molecule has 3 N–H and O–H groups in total. The van der Waals surface area contributed by atoms with Gasteiger partial charge in [0.15, 0.2) is 5.15 Å². The fraction of sp³-hybridized carbons (Fsp3) is 0.439. The van der Waals surface area contributed by atoms with Gasteiger partial charge in [-0.2, -0.15) is 5.10 Å². The normalized spacial score (nSPS) is 14.9. The van der Waals surface area contributed by atoms with Crippen molar-refractivity contribution in [1.29, 1.82) is 0 Å². The molecule has 0 saturated carbocycles. The second-order valence-electron chi connectivity index (χ2n) is 15.2. The topological polar surface area (TPSA) is 143 Å². The fourth-order valence-electron chi connectivity index (χ4n) is 6.87. The van der Waals surface area contributed by atoms with Crippen LogP contribution in [0.5, 0.6) is 0 Å². The first kappa shape index (κ1) is 39.7. The lowest BCUT2D eigenvalue weighted by molar-refractivity contribution is -0.0448.